The van der Waals surface area contributed by atoms with Crippen LogP contribution in [0.5, 0.6) is 0 Å². The van der Waals surface area contributed by atoms with Gasteiger partial charge < -0.3 is 0 Å². The molecule has 0 unspecified atom stereocenters. The van der Waals surface area contributed by atoms with E-state index in [0.717, 1.165) is 11.8 Å². The summed E-state index contributed by atoms with van der Waals surface area (Å²) in [6, 6.07) is 8.42. The average molecular weight is 211 g/mol. The van der Waals surface area contributed by atoms with Gasteiger partial charge in [0.05, 0.1) is 0 Å². The van der Waals surface area contributed by atoms with Crippen LogP contribution in [0.4, 0.5) is 0 Å². The highest BCUT2D eigenvalue weighted by atomic mass is 79.9. The Hall–Kier alpha value is -0.560. The van der Waals surface area contributed by atoms with Crippen LogP contribution in [0, 0.1) is 0 Å². The molecule has 1 aromatic rings. The molecule has 0 bridgehead atoms. The van der Waals surface area contributed by atoms with Gasteiger partial charge in [-0.3, -0.25) is 0 Å². The molecular formula is C10H11Br. The zero-order valence-corrected chi connectivity index (χ0v) is 7.97. The van der Waals surface area contributed by atoms with Crippen molar-refractivity contribution in [2.45, 2.75) is 6.42 Å². The lowest BCUT2D eigenvalue weighted by Gasteiger charge is -1.98. The highest BCUT2D eigenvalue weighted by molar-refractivity contribution is 9.09. The van der Waals surface area contributed by atoms with E-state index in [1.165, 1.54) is 11.1 Å². The zero-order valence-electron chi connectivity index (χ0n) is 6.39. The summed E-state index contributed by atoms with van der Waals surface area (Å²) in [6.45, 7) is 3.72. The van der Waals surface area contributed by atoms with Gasteiger partial charge in [0.15, 0.2) is 0 Å². The average Bonchev–Trinajstić information content (AvgIpc) is 2.06. The van der Waals surface area contributed by atoms with Crippen molar-refractivity contribution in [3.63, 3.8) is 0 Å². The minimum Gasteiger partial charge on any atom is -0.0985 e. The van der Waals surface area contributed by atoms with Crippen molar-refractivity contribution in [3.8, 4) is 0 Å². The molecule has 0 amide bonds. The SMILES string of the molecule is C=Cc1cccc(CCBr)c1. The molecular weight excluding hydrogens is 200 g/mol. The second-order valence-electron chi connectivity index (χ2n) is 2.39. The Kier molecular flexibility index (Phi) is 3.37. The van der Waals surface area contributed by atoms with E-state index in [-0.39, 0.29) is 0 Å². The van der Waals surface area contributed by atoms with Crippen molar-refractivity contribution >= 4 is 22.0 Å². The van der Waals surface area contributed by atoms with Crippen LogP contribution < -0.4 is 0 Å². The first kappa shape index (κ1) is 8.54. The predicted octanol–water partition coefficient (Wildman–Crippen LogP) is 3.27. The quantitative estimate of drug-likeness (QED) is 0.673. The molecule has 0 aliphatic heterocycles. The summed E-state index contributed by atoms with van der Waals surface area (Å²) in [5.41, 5.74) is 2.56. The molecule has 1 rings (SSSR count). The number of benzene rings is 1. The third-order valence-electron chi connectivity index (χ3n) is 1.57. The van der Waals surface area contributed by atoms with Gasteiger partial charge in [0, 0.05) is 5.33 Å². The van der Waals surface area contributed by atoms with Gasteiger partial charge in [-0.2, -0.15) is 0 Å². The molecule has 0 aliphatic rings. The molecule has 1 aromatic carbocycles. The van der Waals surface area contributed by atoms with E-state index >= 15 is 0 Å². The molecule has 0 fully saturated rings. The summed E-state index contributed by atoms with van der Waals surface area (Å²) in [4.78, 5) is 0. The minimum atomic E-state index is 1.02. The van der Waals surface area contributed by atoms with Crippen molar-refractivity contribution in [3.05, 3.63) is 42.0 Å². The summed E-state index contributed by atoms with van der Waals surface area (Å²) in [5.74, 6) is 0. The molecule has 0 radical (unpaired) electrons. The molecule has 0 spiro atoms. The number of aryl methyl sites for hydroxylation is 1. The van der Waals surface area contributed by atoms with Crippen molar-refractivity contribution in [2.75, 3.05) is 5.33 Å². The maximum absolute atomic E-state index is 3.72. The van der Waals surface area contributed by atoms with E-state index in [1.807, 2.05) is 6.08 Å². The standard InChI is InChI=1S/C10H11Br/c1-2-9-4-3-5-10(8-9)6-7-11/h2-5,8H,1,6-7H2. The zero-order chi connectivity index (χ0) is 8.10. The third-order valence-corrected chi connectivity index (χ3v) is 1.97. The Balaban J connectivity index is 2.82. The van der Waals surface area contributed by atoms with Gasteiger partial charge in [-0.05, 0) is 17.5 Å². The highest BCUT2D eigenvalue weighted by Crippen LogP contribution is 2.07. The van der Waals surface area contributed by atoms with Crippen LogP contribution >= 0.6 is 15.9 Å². The van der Waals surface area contributed by atoms with E-state index in [9.17, 15) is 0 Å². The van der Waals surface area contributed by atoms with Gasteiger partial charge >= 0.3 is 0 Å². The fraction of sp³-hybridized carbons (Fsp3) is 0.200. The molecule has 0 aromatic heterocycles. The topological polar surface area (TPSA) is 0 Å². The van der Waals surface area contributed by atoms with Crippen LogP contribution in [0.25, 0.3) is 6.08 Å². The van der Waals surface area contributed by atoms with E-state index < -0.39 is 0 Å². The van der Waals surface area contributed by atoms with Crippen LogP contribution in [-0.2, 0) is 6.42 Å². The Labute approximate surface area is 76.1 Å². The first-order chi connectivity index (χ1) is 5.36. The summed E-state index contributed by atoms with van der Waals surface area (Å²) in [6.07, 6.45) is 2.96. The third kappa shape index (κ3) is 2.51. The Bertz CT molecular complexity index is 240. The maximum atomic E-state index is 3.72. The molecule has 0 N–H and O–H groups in total. The number of halogens is 1. The largest absolute Gasteiger partial charge is 0.0985 e. The molecule has 58 valence electrons. The number of hydrogen-bond acceptors (Lipinski definition) is 0. The lowest BCUT2D eigenvalue weighted by Crippen LogP contribution is -1.85. The normalized spacial score (nSPS) is 9.55. The van der Waals surface area contributed by atoms with Gasteiger partial charge in [0.25, 0.3) is 0 Å². The molecule has 0 atom stereocenters. The van der Waals surface area contributed by atoms with Gasteiger partial charge in [0.1, 0.15) is 0 Å². The minimum absolute atomic E-state index is 1.02. The molecule has 0 saturated heterocycles. The Morgan fingerprint density at radius 1 is 1.45 bits per heavy atom. The lowest BCUT2D eigenvalue weighted by molar-refractivity contribution is 1.17. The fourth-order valence-corrected chi connectivity index (χ4v) is 1.44. The van der Waals surface area contributed by atoms with Crippen molar-refractivity contribution in [1.29, 1.82) is 0 Å². The first-order valence-electron chi connectivity index (χ1n) is 3.64. The Morgan fingerprint density at radius 2 is 2.27 bits per heavy atom. The lowest BCUT2D eigenvalue weighted by atomic mass is 10.1. The molecule has 0 aliphatic carbocycles. The smallest absolute Gasteiger partial charge is 0.00718 e. The predicted molar refractivity (Wildman–Crippen MR) is 54.0 cm³/mol. The molecule has 0 heterocycles. The number of alkyl halides is 1. The van der Waals surface area contributed by atoms with Gasteiger partial charge in [-0.15, -0.1) is 0 Å². The van der Waals surface area contributed by atoms with Crippen LogP contribution in [-0.4, -0.2) is 5.33 Å². The van der Waals surface area contributed by atoms with Crippen LogP contribution in [0.3, 0.4) is 0 Å². The second-order valence-corrected chi connectivity index (χ2v) is 3.18. The van der Waals surface area contributed by atoms with Crippen molar-refractivity contribution in [1.82, 2.24) is 0 Å². The summed E-state index contributed by atoms with van der Waals surface area (Å²) < 4.78 is 0. The van der Waals surface area contributed by atoms with Gasteiger partial charge in [0.2, 0.25) is 0 Å². The summed E-state index contributed by atoms with van der Waals surface area (Å²) in [5, 5.41) is 1.02. The number of rotatable bonds is 3. The van der Waals surface area contributed by atoms with Crippen LogP contribution in [0.1, 0.15) is 11.1 Å². The molecule has 0 nitrogen and oxygen atoms in total. The second kappa shape index (κ2) is 4.35. The van der Waals surface area contributed by atoms with E-state index in [2.05, 4.69) is 46.8 Å². The van der Waals surface area contributed by atoms with Crippen molar-refractivity contribution < 1.29 is 0 Å². The maximum Gasteiger partial charge on any atom is 0.00718 e. The van der Waals surface area contributed by atoms with Gasteiger partial charge in [-0.1, -0.05) is 52.9 Å². The summed E-state index contributed by atoms with van der Waals surface area (Å²) >= 11 is 3.41. The number of hydrogen-bond donors (Lipinski definition) is 0. The van der Waals surface area contributed by atoms with Crippen LogP contribution in [0.15, 0.2) is 30.8 Å². The van der Waals surface area contributed by atoms with Crippen LogP contribution in [0.2, 0.25) is 0 Å². The fourth-order valence-electron chi connectivity index (χ4n) is 0.985. The van der Waals surface area contributed by atoms with Gasteiger partial charge in [-0.25, -0.2) is 0 Å². The highest BCUT2D eigenvalue weighted by Gasteiger charge is 1.90. The molecule has 0 saturated carbocycles. The molecule has 11 heavy (non-hydrogen) atoms. The molecule has 1 heteroatoms. The van der Waals surface area contributed by atoms with E-state index in [0.29, 0.717) is 0 Å². The van der Waals surface area contributed by atoms with E-state index in [4.69, 9.17) is 0 Å². The van der Waals surface area contributed by atoms with E-state index in [1.54, 1.807) is 0 Å². The Morgan fingerprint density at radius 3 is 2.91 bits per heavy atom. The monoisotopic (exact) mass is 210 g/mol. The summed E-state index contributed by atoms with van der Waals surface area (Å²) in [7, 11) is 0. The first-order valence-corrected chi connectivity index (χ1v) is 4.76. The van der Waals surface area contributed by atoms with Crippen molar-refractivity contribution in [2.24, 2.45) is 0 Å².